The van der Waals surface area contributed by atoms with Crippen LogP contribution in [0.2, 0.25) is 0 Å². The Kier molecular flexibility index (Phi) is 4.73. The first-order valence-electron chi connectivity index (χ1n) is 6.41. The molecule has 2 atom stereocenters. The van der Waals surface area contributed by atoms with Crippen LogP contribution in [-0.4, -0.2) is 27.8 Å². The molecule has 1 rings (SSSR count). The van der Waals surface area contributed by atoms with Crippen LogP contribution in [0.25, 0.3) is 0 Å². The second kappa shape index (κ2) is 5.28. The summed E-state index contributed by atoms with van der Waals surface area (Å²) in [6.07, 6.45) is 2.86. The third-order valence-corrected chi connectivity index (χ3v) is 5.12. The lowest BCUT2D eigenvalue weighted by molar-refractivity contribution is -0.0546. The maximum Gasteiger partial charge on any atom is 0.0918 e. The molecule has 0 spiro atoms. The SMILES string of the molecule is CC(C)CC(N)(C(C)C)C1(O)CCCSC1. The van der Waals surface area contributed by atoms with E-state index in [-0.39, 0.29) is 0 Å². The van der Waals surface area contributed by atoms with Crippen LogP contribution >= 0.6 is 11.8 Å². The molecule has 1 aliphatic heterocycles. The highest BCUT2D eigenvalue weighted by atomic mass is 32.2. The Morgan fingerprint density at radius 1 is 1.38 bits per heavy atom. The Balaban J connectivity index is 2.90. The first-order chi connectivity index (χ1) is 7.32. The van der Waals surface area contributed by atoms with Crippen LogP contribution in [-0.2, 0) is 0 Å². The zero-order valence-electron chi connectivity index (χ0n) is 11.1. The lowest BCUT2D eigenvalue weighted by atomic mass is 9.67. The third-order valence-electron chi connectivity index (χ3n) is 3.86. The van der Waals surface area contributed by atoms with Gasteiger partial charge in [0.05, 0.1) is 5.60 Å². The summed E-state index contributed by atoms with van der Waals surface area (Å²) in [5, 5.41) is 10.9. The summed E-state index contributed by atoms with van der Waals surface area (Å²) < 4.78 is 0. The monoisotopic (exact) mass is 245 g/mol. The number of nitrogens with two attached hydrogens (primary N) is 1. The fraction of sp³-hybridized carbons (Fsp3) is 1.00. The molecular weight excluding hydrogens is 218 g/mol. The minimum Gasteiger partial charge on any atom is -0.387 e. The largest absolute Gasteiger partial charge is 0.387 e. The van der Waals surface area contributed by atoms with Crippen molar-refractivity contribution in [2.24, 2.45) is 17.6 Å². The van der Waals surface area contributed by atoms with E-state index in [0.29, 0.717) is 11.8 Å². The van der Waals surface area contributed by atoms with E-state index in [4.69, 9.17) is 5.73 Å². The molecule has 1 saturated heterocycles. The Labute approximate surface area is 104 Å². The number of hydrogen-bond acceptors (Lipinski definition) is 3. The average molecular weight is 245 g/mol. The number of aliphatic hydroxyl groups is 1. The van der Waals surface area contributed by atoms with Crippen LogP contribution in [0.1, 0.15) is 47.0 Å². The maximum atomic E-state index is 10.9. The molecule has 1 fully saturated rings. The molecule has 3 N–H and O–H groups in total. The lowest BCUT2D eigenvalue weighted by Crippen LogP contribution is -2.66. The van der Waals surface area contributed by atoms with Crippen molar-refractivity contribution in [3.63, 3.8) is 0 Å². The van der Waals surface area contributed by atoms with Crippen molar-refractivity contribution in [1.82, 2.24) is 0 Å². The molecule has 1 aliphatic rings. The molecule has 0 amide bonds. The summed E-state index contributed by atoms with van der Waals surface area (Å²) >= 11 is 1.84. The van der Waals surface area contributed by atoms with E-state index >= 15 is 0 Å². The van der Waals surface area contributed by atoms with Crippen LogP contribution in [0, 0.1) is 11.8 Å². The van der Waals surface area contributed by atoms with E-state index in [2.05, 4.69) is 27.7 Å². The molecule has 2 nitrogen and oxygen atoms in total. The van der Waals surface area contributed by atoms with Crippen LogP contribution in [0.4, 0.5) is 0 Å². The maximum absolute atomic E-state index is 10.9. The second-order valence-corrected chi connectivity index (χ2v) is 7.09. The predicted molar refractivity (Wildman–Crippen MR) is 72.7 cm³/mol. The van der Waals surface area contributed by atoms with Gasteiger partial charge >= 0.3 is 0 Å². The molecule has 0 aliphatic carbocycles. The van der Waals surface area contributed by atoms with Gasteiger partial charge in [0.25, 0.3) is 0 Å². The van der Waals surface area contributed by atoms with Gasteiger partial charge < -0.3 is 10.8 Å². The smallest absolute Gasteiger partial charge is 0.0918 e. The summed E-state index contributed by atoms with van der Waals surface area (Å²) in [4.78, 5) is 0. The zero-order chi connectivity index (χ0) is 12.4. The van der Waals surface area contributed by atoms with Crippen LogP contribution in [0.3, 0.4) is 0 Å². The standard InChI is InChI=1S/C13H27NOS/c1-10(2)8-13(14,11(3)4)12(15)6-5-7-16-9-12/h10-11,15H,5-9,14H2,1-4H3. The van der Waals surface area contributed by atoms with Crippen molar-refractivity contribution in [2.45, 2.75) is 58.1 Å². The summed E-state index contributed by atoms with van der Waals surface area (Å²) in [5.41, 5.74) is 5.48. The molecule has 0 bridgehead atoms. The van der Waals surface area contributed by atoms with Gasteiger partial charge in [-0.2, -0.15) is 11.8 Å². The molecule has 0 saturated carbocycles. The van der Waals surface area contributed by atoms with Gasteiger partial charge in [-0.25, -0.2) is 0 Å². The van der Waals surface area contributed by atoms with Gasteiger partial charge in [0.1, 0.15) is 0 Å². The van der Waals surface area contributed by atoms with Gasteiger partial charge in [0.2, 0.25) is 0 Å². The van der Waals surface area contributed by atoms with Gasteiger partial charge in [-0.3, -0.25) is 0 Å². The average Bonchev–Trinajstić information content (AvgIpc) is 2.17. The van der Waals surface area contributed by atoms with Crippen molar-refractivity contribution in [3.05, 3.63) is 0 Å². The summed E-state index contributed by atoms with van der Waals surface area (Å²) in [6, 6.07) is 0. The minimum atomic E-state index is -0.672. The highest BCUT2D eigenvalue weighted by molar-refractivity contribution is 7.99. The fourth-order valence-corrected chi connectivity index (χ4v) is 4.03. The summed E-state index contributed by atoms with van der Waals surface area (Å²) in [6.45, 7) is 8.64. The number of hydrogen-bond donors (Lipinski definition) is 2. The highest BCUT2D eigenvalue weighted by Gasteiger charge is 2.50. The quantitative estimate of drug-likeness (QED) is 0.800. The van der Waals surface area contributed by atoms with E-state index in [9.17, 15) is 5.11 Å². The summed E-state index contributed by atoms with van der Waals surface area (Å²) in [5.74, 6) is 2.81. The molecule has 0 aromatic carbocycles. The second-order valence-electron chi connectivity index (χ2n) is 5.98. The number of rotatable bonds is 4. The first kappa shape index (κ1) is 14.3. The van der Waals surface area contributed by atoms with Gasteiger partial charge in [-0.1, -0.05) is 27.7 Å². The van der Waals surface area contributed by atoms with Gasteiger partial charge in [0, 0.05) is 11.3 Å². The van der Waals surface area contributed by atoms with E-state index in [0.717, 1.165) is 30.8 Å². The molecule has 0 radical (unpaired) electrons. The fourth-order valence-electron chi connectivity index (χ4n) is 2.79. The molecule has 3 heteroatoms. The van der Waals surface area contributed by atoms with Gasteiger partial charge in [-0.05, 0) is 36.9 Å². The van der Waals surface area contributed by atoms with Crippen LogP contribution < -0.4 is 5.73 Å². The van der Waals surface area contributed by atoms with Gasteiger partial charge in [0.15, 0.2) is 0 Å². The Morgan fingerprint density at radius 3 is 2.38 bits per heavy atom. The minimum absolute atomic E-state index is 0.318. The Morgan fingerprint density at radius 2 is 2.00 bits per heavy atom. The molecule has 1 heterocycles. The first-order valence-corrected chi connectivity index (χ1v) is 7.56. The summed E-state index contributed by atoms with van der Waals surface area (Å²) in [7, 11) is 0. The molecular formula is C13H27NOS. The number of thioether (sulfide) groups is 1. The molecule has 0 aromatic heterocycles. The third kappa shape index (κ3) is 2.74. The highest BCUT2D eigenvalue weighted by Crippen LogP contribution is 2.41. The normalized spacial score (nSPS) is 30.8. The van der Waals surface area contributed by atoms with Crippen molar-refractivity contribution >= 4 is 11.8 Å². The zero-order valence-corrected chi connectivity index (χ0v) is 11.9. The molecule has 16 heavy (non-hydrogen) atoms. The molecule has 0 aromatic rings. The van der Waals surface area contributed by atoms with Crippen molar-refractivity contribution in [3.8, 4) is 0 Å². The van der Waals surface area contributed by atoms with E-state index in [1.807, 2.05) is 11.8 Å². The topological polar surface area (TPSA) is 46.2 Å². The predicted octanol–water partition coefficient (Wildman–Crippen LogP) is 2.64. The van der Waals surface area contributed by atoms with E-state index < -0.39 is 11.1 Å². The Bertz CT molecular complexity index is 224. The Hall–Kier alpha value is 0.270. The van der Waals surface area contributed by atoms with Crippen molar-refractivity contribution in [2.75, 3.05) is 11.5 Å². The van der Waals surface area contributed by atoms with Crippen LogP contribution in [0.5, 0.6) is 0 Å². The van der Waals surface area contributed by atoms with Crippen molar-refractivity contribution in [1.29, 1.82) is 0 Å². The van der Waals surface area contributed by atoms with Crippen molar-refractivity contribution < 1.29 is 5.11 Å². The lowest BCUT2D eigenvalue weighted by Gasteiger charge is -2.50. The van der Waals surface area contributed by atoms with Gasteiger partial charge in [-0.15, -0.1) is 0 Å². The molecule has 96 valence electrons. The van der Waals surface area contributed by atoms with Crippen LogP contribution in [0.15, 0.2) is 0 Å². The van der Waals surface area contributed by atoms with E-state index in [1.165, 1.54) is 0 Å². The molecule has 2 unspecified atom stereocenters. The van der Waals surface area contributed by atoms with E-state index in [1.54, 1.807) is 0 Å².